The summed E-state index contributed by atoms with van der Waals surface area (Å²) in [7, 11) is 0. The Morgan fingerprint density at radius 2 is 1.85 bits per heavy atom. The Balaban J connectivity index is 1.93. The molecule has 1 heterocycles. The van der Waals surface area contributed by atoms with E-state index in [1.165, 1.54) is 5.56 Å². The van der Waals surface area contributed by atoms with Gasteiger partial charge in [0.15, 0.2) is 11.5 Å². The molecule has 1 aliphatic rings. The lowest BCUT2D eigenvalue weighted by Crippen LogP contribution is -1.92. The Kier molecular flexibility index (Phi) is 3.36. The van der Waals surface area contributed by atoms with E-state index in [0.717, 1.165) is 16.8 Å². The second kappa shape index (κ2) is 5.17. The predicted molar refractivity (Wildman–Crippen MR) is 80.7 cm³/mol. The second-order valence-electron chi connectivity index (χ2n) is 4.78. The van der Waals surface area contributed by atoms with Crippen LogP contribution in [0.5, 0.6) is 11.5 Å². The smallest absolute Gasteiger partial charge is 0.231 e. The molecule has 0 saturated heterocycles. The van der Waals surface area contributed by atoms with E-state index in [-0.39, 0.29) is 6.79 Å². The highest BCUT2D eigenvalue weighted by Gasteiger charge is 2.15. The first kappa shape index (κ1) is 13.0. The zero-order valence-corrected chi connectivity index (χ0v) is 12.1. The number of aliphatic imine (C=N–C) groups is 1. The van der Waals surface area contributed by atoms with Crippen LogP contribution in [-0.4, -0.2) is 13.0 Å². The zero-order chi connectivity index (χ0) is 14.1. The van der Waals surface area contributed by atoms with E-state index in [2.05, 4.69) is 18.0 Å². The van der Waals surface area contributed by atoms with Crippen LogP contribution in [0.1, 0.15) is 16.7 Å². The molecule has 0 unspecified atom stereocenters. The molecule has 0 aliphatic carbocycles. The molecule has 0 bridgehead atoms. The van der Waals surface area contributed by atoms with Crippen molar-refractivity contribution in [2.45, 2.75) is 13.8 Å². The number of ether oxygens (including phenoxy) is 2. The standard InChI is InChI=1S/C16H14ClNO2/c1-10-3-4-14(11(2)5-10)18-8-12-6-15-16(7-13(12)17)20-9-19-15/h3-8H,9H2,1-2H3. The number of rotatable bonds is 2. The van der Waals surface area contributed by atoms with Gasteiger partial charge < -0.3 is 9.47 Å². The third kappa shape index (κ3) is 2.49. The Labute approximate surface area is 122 Å². The molecule has 0 atom stereocenters. The lowest BCUT2D eigenvalue weighted by Gasteiger charge is -2.03. The minimum Gasteiger partial charge on any atom is -0.454 e. The van der Waals surface area contributed by atoms with E-state index in [9.17, 15) is 0 Å². The maximum absolute atomic E-state index is 6.21. The molecule has 0 saturated carbocycles. The van der Waals surface area contributed by atoms with Gasteiger partial charge in [0.05, 0.1) is 10.7 Å². The van der Waals surface area contributed by atoms with Crippen LogP contribution in [0.15, 0.2) is 35.3 Å². The third-order valence-electron chi connectivity index (χ3n) is 3.19. The molecule has 1 aliphatic heterocycles. The first-order chi connectivity index (χ1) is 9.63. The van der Waals surface area contributed by atoms with Crippen molar-refractivity contribution in [3.63, 3.8) is 0 Å². The van der Waals surface area contributed by atoms with Gasteiger partial charge in [0, 0.05) is 17.8 Å². The van der Waals surface area contributed by atoms with Crippen LogP contribution in [0.3, 0.4) is 0 Å². The highest BCUT2D eigenvalue weighted by atomic mass is 35.5. The maximum Gasteiger partial charge on any atom is 0.231 e. The molecular formula is C16H14ClNO2. The van der Waals surface area contributed by atoms with E-state index >= 15 is 0 Å². The van der Waals surface area contributed by atoms with E-state index in [1.54, 1.807) is 12.3 Å². The summed E-state index contributed by atoms with van der Waals surface area (Å²) < 4.78 is 10.6. The van der Waals surface area contributed by atoms with Gasteiger partial charge in [-0.1, -0.05) is 29.3 Å². The van der Waals surface area contributed by atoms with Gasteiger partial charge >= 0.3 is 0 Å². The highest BCUT2D eigenvalue weighted by molar-refractivity contribution is 6.33. The predicted octanol–water partition coefficient (Wildman–Crippen LogP) is 4.44. The molecule has 2 aromatic carbocycles. The van der Waals surface area contributed by atoms with Crippen LogP contribution >= 0.6 is 11.6 Å². The lowest BCUT2D eigenvalue weighted by atomic mass is 10.1. The van der Waals surface area contributed by atoms with E-state index in [0.29, 0.717) is 16.5 Å². The summed E-state index contributed by atoms with van der Waals surface area (Å²) in [6.45, 7) is 4.35. The Bertz CT molecular complexity index is 695. The fourth-order valence-electron chi connectivity index (χ4n) is 2.12. The van der Waals surface area contributed by atoms with Crippen LogP contribution in [0, 0.1) is 13.8 Å². The number of halogens is 1. The molecule has 2 aromatic rings. The summed E-state index contributed by atoms with van der Waals surface area (Å²) in [5, 5.41) is 0.600. The van der Waals surface area contributed by atoms with Gasteiger partial charge in [-0.2, -0.15) is 0 Å². The number of hydrogen-bond acceptors (Lipinski definition) is 3. The Hall–Kier alpha value is -2.00. The third-order valence-corrected chi connectivity index (χ3v) is 3.51. The number of fused-ring (bicyclic) bond motifs is 1. The molecule has 0 fully saturated rings. The van der Waals surface area contributed by atoms with Crippen LogP contribution in [0.25, 0.3) is 0 Å². The van der Waals surface area contributed by atoms with Crippen molar-refractivity contribution in [3.05, 3.63) is 52.0 Å². The van der Waals surface area contributed by atoms with Crippen molar-refractivity contribution in [3.8, 4) is 11.5 Å². The van der Waals surface area contributed by atoms with Crippen molar-refractivity contribution in [1.82, 2.24) is 0 Å². The monoisotopic (exact) mass is 287 g/mol. The van der Waals surface area contributed by atoms with Gasteiger partial charge in [0.2, 0.25) is 6.79 Å². The molecule has 0 amide bonds. The van der Waals surface area contributed by atoms with Gasteiger partial charge in [-0.3, -0.25) is 4.99 Å². The number of aryl methyl sites for hydroxylation is 2. The van der Waals surface area contributed by atoms with Gasteiger partial charge in [0.1, 0.15) is 0 Å². The van der Waals surface area contributed by atoms with Crippen molar-refractivity contribution >= 4 is 23.5 Å². The minimum atomic E-state index is 0.239. The normalized spacial score (nSPS) is 13.2. The molecule has 3 nitrogen and oxygen atoms in total. The quantitative estimate of drug-likeness (QED) is 0.765. The molecule has 0 N–H and O–H groups in total. The van der Waals surface area contributed by atoms with Crippen LogP contribution in [0.4, 0.5) is 5.69 Å². The van der Waals surface area contributed by atoms with Gasteiger partial charge in [-0.25, -0.2) is 0 Å². The summed E-state index contributed by atoms with van der Waals surface area (Å²) in [6, 6.07) is 9.75. The van der Waals surface area contributed by atoms with Crippen molar-refractivity contribution in [1.29, 1.82) is 0 Å². The number of hydrogen-bond donors (Lipinski definition) is 0. The summed E-state index contributed by atoms with van der Waals surface area (Å²) >= 11 is 6.21. The topological polar surface area (TPSA) is 30.8 Å². The number of benzene rings is 2. The van der Waals surface area contributed by atoms with Crippen molar-refractivity contribution in [2.24, 2.45) is 4.99 Å². The van der Waals surface area contributed by atoms with Crippen molar-refractivity contribution in [2.75, 3.05) is 6.79 Å². The van der Waals surface area contributed by atoms with E-state index in [1.807, 2.05) is 25.1 Å². The van der Waals surface area contributed by atoms with Crippen LogP contribution in [-0.2, 0) is 0 Å². The molecule has 0 spiro atoms. The fraction of sp³-hybridized carbons (Fsp3) is 0.188. The summed E-state index contributed by atoms with van der Waals surface area (Å²) in [4.78, 5) is 4.50. The second-order valence-corrected chi connectivity index (χ2v) is 5.18. The molecule has 20 heavy (non-hydrogen) atoms. The van der Waals surface area contributed by atoms with E-state index < -0.39 is 0 Å². The Morgan fingerprint density at radius 1 is 1.10 bits per heavy atom. The molecule has 102 valence electrons. The van der Waals surface area contributed by atoms with E-state index in [4.69, 9.17) is 21.1 Å². The van der Waals surface area contributed by atoms with Crippen LogP contribution < -0.4 is 9.47 Å². The van der Waals surface area contributed by atoms with Crippen molar-refractivity contribution < 1.29 is 9.47 Å². The zero-order valence-electron chi connectivity index (χ0n) is 11.3. The molecule has 4 heteroatoms. The first-order valence-corrected chi connectivity index (χ1v) is 6.72. The molecule has 0 radical (unpaired) electrons. The van der Waals surface area contributed by atoms with Gasteiger partial charge in [-0.05, 0) is 31.5 Å². The molecule has 0 aromatic heterocycles. The summed E-state index contributed by atoms with van der Waals surface area (Å²) in [5.41, 5.74) is 4.11. The molecular weight excluding hydrogens is 274 g/mol. The largest absolute Gasteiger partial charge is 0.454 e. The van der Waals surface area contributed by atoms with Gasteiger partial charge in [-0.15, -0.1) is 0 Å². The average Bonchev–Trinajstić information content (AvgIpc) is 2.84. The SMILES string of the molecule is Cc1ccc(N=Cc2cc3c(cc2Cl)OCO3)c(C)c1. The minimum absolute atomic E-state index is 0.239. The Morgan fingerprint density at radius 3 is 2.60 bits per heavy atom. The number of nitrogens with zero attached hydrogens (tertiary/aromatic N) is 1. The van der Waals surface area contributed by atoms with Crippen LogP contribution in [0.2, 0.25) is 5.02 Å². The highest BCUT2D eigenvalue weighted by Crippen LogP contribution is 2.36. The first-order valence-electron chi connectivity index (χ1n) is 6.34. The summed E-state index contributed by atoms with van der Waals surface area (Å²) in [5.74, 6) is 1.38. The van der Waals surface area contributed by atoms with Gasteiger partial charge in [0.25, 0.3) is 0 Å². The fourth-order valence-corrected chi connectivity index (χ4v) is 2.32. The molecule has 3 rings (SSSR count). The average molecular weight is 288 g/mol. The summed E-state index contributed by atoms with van der Waals surface area (Å²) in [6.07, 6.45) is 1.75. The lowest BCUT2D eigenvalue weighted by molar-refractivity contribution is 0.174. The maximum atomic E-state index is 6.21.